The normalized spacial score (nSPS) is 13.7. The highest BCUT2D eigenvalue weighted by molar-refractivity contribution is 5.81. The quantitative estimate of drug-likeness (QED) is 0.295. The van der Waals surface area contributed by atoms with Crippen LogP contribution in [0.5, 0.6) is 5.75 Å². The molecule has 0 saturated heterocycles. The first-order valence-corrected chi connectivity index (χ1v) is 13.9. The summed E-state index contributed by atoms with van der Waals surface area (Å²) < 4.78 is 7.56. The van der Waals surface area contributed by atoms with Crippen molar-refractivity contribution < 1.29 is 14.3 Å². The van der Waals surface area contributed by atoms with E-state index < -0.39 is 0 Å². The zero-order chi connectivity index (χ0) is 26.9. The molecule has 0 atom stereocenters. The molecule has 0 radical (unpaired) electrons. The molecular weight excluding hydrogens is 488 g/mol. The van der Waals surface area contributed by atoms with Crippen LogP contribution < -0.4 is 10.1 Å². The van der Waals surface area contributed by atoms with Crippen LogP contribution in [0.25, 0.3) is 11.0 Å². The Labute approximate surface area is 229 Å². The van der Waals surface area contributed by atoms with Crippen LogP contribution >= 0.6 is 0 Å². The standard InChI is InChI=1S/C32H36N4O3/c37-31(24-39-27-16-8-3-9-17-27)33-21-20-30-34-28-18-10-11-19-29(28)36(30)23-32(38)35(26-14-6-2-7-15-26)22-25-12-4-1-5-13-25/h1,3-5,8-13,16-19,26H,2,6-7,14-15,20-24H2,(H,33,37). The molecule has 39 heavy (non-hydrogen) atoms. The lowest BCUT2D eigenvalue weighted by atomic mass is 9.93. The van der Waals surface area contributed by atoms with Gasteiger partial charge in [0.05, 0.1) is 11.0 Å². The molecule has 1 aliphatic carbocycles. The summed E-state index contributed by atoms with van der Waals surface area (Å²) in [5, 5.41) is 2.92. The first-order chi connectivity index (χ1) is 19.2. The van der Waals surface area contributed by atoms with Gasteiger partial charge in [-0.1, -0.05) is 79.9 Å². The summed E-state index contributed by atoms with van der Waals surface area (Å²) in [6.07, 6.45) is 6.18. The van der Waals surface area contributed by atoms with Crippen molar-refractivity contribution in [1.29, 1.82) is 0 Å². The van der Waals surface area contributed by atoms with E-state index in [1.807, 2.05) is 77.4 Å². The maximum atomic E-state index is 13.9. The van der Waals surface area contributed by atoms with Crippen LogP contribution in [0, 0.1) is 0 Å². The number of carbonyl (C=O) groups is 2. The molecule has 1 heterocycles. The molecule has 5 rings (SSSR count). The second-order valence-electron chi connectivity index (χ2n) is 10.1. The average molecular weight is 525 g/mol. The summed E-state index contributed by atoms with van der Waals surface area (Å²) in [7, 11) is 0. The number of nitrogens with zero attached hydrogens (tertiary/aromatic N) is 3. The largest absolute Gasteiger partial charge is 0.484 e. The summed E-state index contributed by atoms with van der Waals surface area (Å²) in [4.78, 5) is 33.2. The Morgan fingerprint density at radius 1 is 0.897 bits per heavy atom. The Kier molecular flexibility index (Phi) is 8.89. The van der Waals surface area contributed by atoms with E-state index in [-0.39, 0.29) is 31.0 Å². The molecule has 0 spiro atoms. The predicted octanol–water partition coefficient (Wildman–Crippen LogP) is 5.14. The fourth-order valence-electron chi connectivity index (χ4n) is 5.34. The van der Waals surface area contributed by atoms with E-state index in [0.29, 0.717) is 25.3 Å². The number of hydrogen-bond acceptors (Lipinski definition) is 4. The number of rotatable bonds is 11. The fourth-order valence-corrected chi connectivity index (χ4v) is 5.34. The van der Waals surface area contributed by atoms with Crippen LogP contribution in [0.2, 0.25) is 0 Å². The minimum Gasteiger partial charge on any atom is -0.484 e. The van der Waals surface area contributed by atoms with Crippen LogP contribution in [0.4, 0.5) is 0 Å². The second kappa shape index (κ2) is 13.1. The highest BCUT2D eigenvalue weighted by atomic mass is 16.5. The zero-order valence-electron chi connectivity index (χ0n) is 22.3. The number of para-hydroxylation sites is 3. The van der Waals surface area contributed by atoms with Crippen LogP contribution in [-0.2, 0) is 29.1 Å². The first kappa shape index (κ1) is 26.5. The van der Waals surface area contributed by atoms with Crippen LogP contribution in [-0.4, -0.2) is 45.5 Å². The lowest BCUT2D eigenvalue weighted by Gasteiger charge is -2.35. The van der Waals surface area contributed by atoms with Gasteiger partial charge in [0, 0.05) is 25.6 Å². The number of hydrogen-bond donors (Lipinski definition) is 1. The minimum absolute atomic E-state index is 0.0469. The summed E-state index contributed by atoms with van der Waals surface area (Å²) in [5.74, 6) is 1.36. The van der Waals surface area contributed by atoms with E-state index >= 15 is 0 Å². The van der Waals surface area contributed by atoms with E-state index in [0.717, 1.165) is 48.1 Å². The summed E-state index contributed by atoms with van der Waals surface area (Å²) in [6.45, 7) is 1.20. The van der Waals surface area contributed by atoms with Gasteiger partial charge in [0.1, 0.15) is 18.1 Å². The Morgan fingerprint density at radius 3 is 2.36 bits per heavy atom. The van der Waals surface area contributed by atoms with Gasteiger partial charge in [0.15, 0.2) is 6.61 Å². The van der Waals surface area contributed by atoms with Gasteiger partial charge in [-0.25, -0.2) is 4.98 Å². The molecule has 1 aromatic heterocycles. The predicted molar refractivity (Wildman–Crippen MR) is 152 cm³/mol. The maximum Gasteiger partial charge on any atom is 0.257 e. The number of benzene rings is 3. The minimum atomic E-state index is -0.191. The molecule has 2 amide bonds. The molecule has 7 nitrogen and oxygen atoms in total. The lowest BCUT2D eigenvalue weighted by Crippen LogP contribution is -2.42. The molecule has 202 valence electrons. The first-order valence-electron chi connectivity index (χ1n) is 13.9. The number of ether oxygens (including phenoxy) is 1. The second-order valence-corrected chi connectivity index (χ2v) is 10.1. The summed E-state index contributed by atoms with van der Waals surface area (Å²) >= 11 is 0. The van der Waals surface area contributed by atoms with Gasteiger partial charge in [-0.2, -0.15) is 0 Å². The van der Waals surface area contributed by atoms with Crippen molar-refractivity contribution in [2.24, 2.45) is 0 Å². The van der Waals surface area contributed by atoms with Crippen molar-refractivity contribution in [3.8, 4) is 5.75 Å². The molecule has 1 saturated carbocycles. The van der Waals surface area contributed by atoms with Crippen LogP contribution in [0.1, 0.15) is 43.5 Å². The number of imidazole rings is 1. The SMILES string of the molecule is O=C(COc1ccccc1)NCCc1nc2ccccc2n1CC(=O)N(Cc1ccccc1)C1CCCCC1. The topological polar surface area (TPSA) is 76.5 Å². The van der Waals surface area contributed by atoms with Crippen molar-refractivity contribution in [3.05, 3.63) is 96.3 Å². The maximum absolute atomic E-state index is 13.9. The van der Waals surface area contributed by atoms with E-state index in [4.69, 9.17) is 9.72 Å². The Hall–Kier alpha value is -4.13. The number of fused-ring (bicyclic) bond motifs is 1. The third-order valence-corrected chi connectivity index (χ3v) is 7.34. The van der Waals surface area contributed by atoms with Crippen LogP contribution in [0.3, 0.4) is 0 Å². The van der Waals surface area contributed by atoms with Crippen molar-refractivity contribution in [2.75, 3.05) is 13.2 Å². The monoisotopic (exact) mass is 524 g/mol. The molecule has 0 unspecified atom stereocenters. The summed E-state index contributed by atoms with van der Waals surface area (Å²) in [5.41, 5.74) is 2.93. The molecule has 0 aliphatic heterocycles. The molecule has 1 N–H and O–H groups in total. The zero-order valence-corrected chi connectivity index (χ0v) is 22.3. The fraction of sp³-hybridized carbons (Fsp3) is 0.344. The highest BCUT2D eigenvalue weighted by Gasteiger charge is 2.27. The van der Waals surface area contributed by atoms with Gasteiger partial charge in [0.2, 0.25) is 5.91 Å². The van der Waals surface area contributed by atoms with E-state index in [9.17, 15) is 9.59 Å². The Balaban J connectivity index is 1.28. The van der Waals surface area contributed by atoms with Crippen LogP contribution in [0.15, 0.2) is 84.9 Å². The molecule has 1 aliphatic rings. The Bertz CT molecular complexity index is 1360. The molecule has 7 heteroatoms. The molecule has 4 aromatic rings. The Morgan fingerprint density at radius 2 is 1.59 bits per heavy atom. The molecule has 1 fully saturated rings. The van der Waals surface area contributed by atoms with Crippen molar-refractivity contribution in [2.45, 2.75) is 57.7 Å². The van der Waals surface area contributed by atoms with Crippen molar-refractivity contribution in [1.82, 2.24) is 19.8 Å². The highest BCUT2D eigenvalue weighted by Crippen LogP contribution is 2.25. The van der Waals surface area contributed by atoms with Gasteiger partial charge >= 0.3 is 0 Å². The average Bonchev–Trinajstić information content (AvgIpc) is 3.33. The number of aromatic nitrogens is 2. The van der Waals surface area contributed by atoms with Gasteiger partial charge < -0.3 is 19.5 Å². The molecule has 0 bridgehead atoms. The molecular formula is C32H36N4O3. The third-order valence-electron chi connectivity index (χ3n) is 7.34. The number of carbonyl (C=O) groups excluding carboxylic acids is 2. The van der Waals surface area contributed by atoms with E-state index in [1.54, 1.807) is 0 Å². The molecule has 3 aromatic carbocycles. The van der Waals surface area contributed by atoms with E-state index in [2.05, 4.69) is 22.3 Å². The number of nitrogens with one attached hydrogen (secondary N) is 1. The van der Waals surface area contributed by atoms with Gasteiger partial charge in [-0.3, -0.25) is 9.59 Å². The smallest absolute Gasteiger partial charge is 0.257 e. The van der Waals surface area contributed by atoms with E-state index in [1.165, 1.54) is 6.42 Å². The van der Waals surface area contributed by atoms with Crippen molar-refractivity contribution >= 4 is 22.8 Å². The van der Waals surface area contributed by atoms with Gasteiger partial charge in [0.25, 0.3) is 5.91 Å². The number of amides is 2. The van der Waals surface area contributed by atoms with Gasteiger partial charge in [-0.15, -0.1) is 0 Å². The van der Waals surface area contributed by atoms with Crippen molar-refractivity contribution in [3.63, 3.8) is 0 Å². The lowest BCUT2D eigenvalue weighted by molar-refractivity contribution is -0.135. The third kappa shape index (κ3) is 7.05. The summed E-state index contributed by atoms with van der Waals surface area (Å²) in [6, 6.07) is 27.7. The van der Waals surface area contributed by atoms with Gasteiger partial charge in [-0.05, 0) is 42.7 Å².